The molecule has 1 N–H and O–H groups in total. The molecule has 3 rings (SSSR count). The molecule has 3 aromatic rings. The maximum absolute atomic E-state index is 13.4. The van der Waals surface area contributed by atoms with Crippen molar-refractivity contribution >= 4 is 11.8 Å². The number of hydrogen-bond acceptors (Lipinski definition) is 2. The first-order chi connectivity index (χ1) is 15.8. The van der Waals surface area contributed by atoms with E-state index in [1.54, 1.807) is 17.0 Å². The van der Waals surface area contributed by atoms with Gasteiger partial charge in [-0.25, -0.2) is 4.39 Å². The van der Waals surface area contributed by atoms with Gasteiger partial charge in [-0.1, -0.05) is 86.1 Å². The number of aryl methyl sites for hydroxylation is 1. The molecule has 0 aliphatic rings. The summed E-state index contributed by atoms with van der Waals surface area (Å²) in [5.74, 6) is -0.952. The smallest absolute Gasteiger partial charge is 0.243 e. The molecule has 0 aliphatic carbocycles. The second-order valence-corrected chi connectivity index (χ2v) is 8.66. The zero-order valence-electron chi connectivity index (χ0n) is 19.4. The normalized spacial score (nSPS) is 11.8. The molecule has 0 unspecified atom stereocenters. The molecule has 33 heavy (non-hydrogen) atoms. The van der Waals surface area contributed by atoms with Crippen LogP contribution in [0, 0.1) is 18.7 Å². The fourth-order valence-electron chi connectivity index (χ4n) is 3.65. The van der Waals surface area contributed by atoms with E-state index in [-0.39, 0.29) is 30.1 Å². The van der Waals surface area contributed by atoms with Crippen LogP contribution in [0.3, 0.4) is 0 Å². The fourth-order valence-corrected chi connectivity index (χ4v) is 3.65. The Bertz CT molecular complexity index is 1050. The van der Waals surface area contributed by atoms with Crippen LogP contribution in [0.1, 0.15) is 36.1 Å². The lowest BCUT2D eigenvalue weighted by Crippen LogP contribution is -2.51. The summed E-state index contributed by atoms with van der Waals surface area (Å²) in [5.41, 5.74) is 3.89. The number of halogens is 1. The molecule has 0 bridgehead atoms. The van der Waals surface area contributed by atoms with Gasteiger partial charge in [0.05, 0.1) is 0 Å². The van der Waals surface area contributed by atoms with Gasteiger partial charge in [0.25, 0.3) is 0 Å². The van der Waals surface area contributed by atoms with E-state index in [0.717, 1.165) is 22.3 Å². The Morgan fingerprint density at radius 3 is 2.06 bits per heavy atom. The predicted molar refractivity (Wildman–Crippen MR) is 129 cm³/mol. The molecule has 5 heteroatoms. The molecule has 2 amide bonds. The van der Waals surface area contributed by atoms with Gasteiger partial charge in [-0.2, -0.15) is 0 Å². The van der Waals surface area contributed by atoms with E-state index in [4.69, 9.17) is 0 Å². The topological polar surface area (TPSA) is 49.4 Å². The van der Waals surface area contributed by atoms with Crippen molar-refractivity contribution in [3.05, 3.63) is 107 Å². The van der Waals surface area contributed by atoms with Crippen LogP contribution in [0.4, 0.5) is 4.39 Å². The average Bonchev–Trinajstić information content (AvgIpc) is 2.82. The van der Waals surface area contributed by atoms with Crippen molar-refractivity contribution in [2.24, 2.45) is 5.92 Å². The van der Waals surface area contributed by atoms with Gasteiger partial charge in [0.1, 0.15) is 11.9 Å². The van der Waals surface area contributed by atoms with Crippen molar-refractivity contribution in [2.75, 3.05) is 0 Å². The highest BCUT2D eigenvalue weighted by atomic mass is 19.1. The Hall–Kier alpha value is -3.47. The number of benzene rings is 3. The fraction of sp³-hybridized carbons (Fsp3) is 0.286. The minimum Gasteiger partial charge on any atom is -0.350 e. The first kappa shape index (κ1) is 24.2. The van der Waals surface area contributed by atoms with E-state index in [1.165, 1.54) is 12.1 Å². The minimum absolute atomic E-state index is 0.120. The monoisotopic (exact) mass is 446 g/mol. The van der Waals surface area contributed by atoms with Crippen LogP contribution >= 0.6 is 0 Å². The molecule has 1 atom stereocenters. The lowest BCUT2D eigenvalue weighted by molar-refractivity contribution is -0.143. The maximum Gasteiger partial charge on any atom is 0.243 e. The highest BCUT2D eigenvalue weighted by Crippen LogP contribution is 2.18. The number of nitrogens with one attached hydrogen (secondary N) is 1. The Morgan fingerprint density at radius 1 is 0.848 bits per heavy atom. The van der Waals surface area contributed by atoms with Crippen molar-refractivity contribution in [1.29, 1.82) is 0 Å². The molecule has 0 fully saturated rings. The molecule has 0 radical (unpaired) electrons. The summed E-state index contributed by atoms with van der Waals surface area (Å²) in [6.07, 6.45) is 0.389. The molecule has 0 saturated heterocycles. The molecule has 0 aromatic heterocycles. The Kier molecular flexibility index (Phi) is 8.36. The molecule has 172 valence electrons. The molecule has 4 nitrogen and oxygen atoms in total. The third kappa shape index (κ3) is 7.01. The van der Waals surface area contributed by atoms with Gasteiger partial charge in [-0.3, -0.25) is 9.59 Å². The van der Waals surface area contributed by atoms with E-state index in [9.17, 15) is 14.0 Å². The highest BCUT2D eigenvalue weighted by Gasteiger charge is 2.31. The standard InChI is InChI=1S/C28H31FN2O2/c1-20(2)28(33)31(19-24-13-15-25(29)16-14-24)26(17-22-7-5-4-6-8-22)27(32)30-18-23-11-9-21(3)10-12-23/h4-16,20,26H,17-19H2,1-3H3,(H,30,32)/t26-/m0/s1. The summed E-state index contributed by atoms with van der Waals surface area (Å²) < 4.78 is 13.4. The zero-order valence-corrected chi connectivity index (χ0v) is 19.4. The molecule has 3 aromatic carbocycles. The van der Waals surface area contributed by atoms with Gasteiger partial charge >= 0.3 is 0 Å². The van der Waals surface area contributed by atoms with Gasteiger partial charge in [0.15, 0.2) is 0 Å². The van der Waals surface area contributed by atoms with Gasteiger partial charge < -0.3 is 10.2 Å². The third-order valence-corrected chi connectivity index (χ3v) is 5.58. The summed E-state index contributed by atoms with van der Waals surface area (Å²) in [6, 6.07) is 23.0. The number of carbonyl (C=O) groups excluding carboxylic acids is 2. The molecule has 0 saturated carbocycles. The molecule has 0 spiro atoms. The van der Waals surface area contributed by atoms with Crippen LogP contribution in [0.25, 0.3) is 0 Å². The first-order valence-electron chi connectivity index (χ1n) is 11.3. The van der Waals surface area contributed by atoms with Gasteiger partial charge in [0, 0.05) is 25.4 Å². The van der Waals surface area contributed by atoms with E-state index in [2.05, 4.69) is 5.32 Å². The summed E-state index contributed by atoms with van der Waals surface area (Å²) in [4.78, 5) is 28.3. The van der Waals surface area contributed by atoms with Gasteiger partial charge in [0.2, 0.25) is 11.8 Å². The van der Waals surface area contributed by atoms with Crippen LogP contribution in [-0.4, -0.2) is 22.8 Å². The van der Waals surface area contributed by atoms with Gasteiger partial charge in [-0.15, -0.1) is 0 Å². The summed E-state index contributed by atoms with van der Waals surface area (Å²) in [5, 5.41) is 3.02. The van der Waals surface area contributed by atoms with Crippen molar-refractivity contribution in [3.8, 4) is 0 Å². The van der Waals surface area contributed by atoms with Crippen molar-refractivity contribution < 1.29 is 14.0 Å². The average molecular weight is 447 g/mol. The predicted octanol–water partition coefficient (Wildman–Crippen LogP) is 5.05. The second kappa shape index (κ2) is 11.4. The Morgan fingerprint density at radius 2 is 1.45 bits per heavy atom. The Balaban J connectivity index is 1.88. The van der Waals surface area contributed by atoms with Crippen LogP contribution in [0.15, 0.2) is 78.9 Å². The lowest BCUT2D eigenvalue weighted by Gasteiger charge is -2.33. The van der Waals surface area contributed by atoms with Crippen molar-refractivity contribution in [1.82, 2.24) is 10.2 Å². The lowest BCUT2D eigenvalue weighted by atomic mass is 10.0. The van der Waals surface area contributed by atoms with E-state index in [1.807, 2.05) is 75.4 Å². The largest absolute Gasteiger partial charge is 0.350 e. The Labute approximate surface area is 195 Å². The summed E-state index contributed by atoms with van der Waals surface area (Å²) in [6.45, 7) is 6.27. The van der Waals surface area contributed by atoms with Crippen LogP contribution in [0.2, 0.25) is 0 Å². The number of nitrogens with zero attached hydrogens (tertiary/aromatic N) is 1. The number of rotatable bonds is 9. The van der Waals surface area contributed by atoms with E-state index in [0.29, 0.717) is 13.0 Å². The van der Waals surface area contributed by atoms with Crippen LogP contribution in [-0.2, 0) is 29.1 Å². The summed E-state index contributed by atoms with van der Waals surface area (Å²) >= 11 is 0. The highest BCUT2D eigenvalue weighted by molar-refractivity contribution is 5.88. The van der Waals surface area contributed by atoms with Crippen molar-refractivity contribution in [3.63, 3.8) is 0 Å². The first-order valence-corrected chi connectivity index (χ1v) is 11.3. The maximum atomic E-state index is 13.4. The SMILES string of the molecule is Cc1ccc(CNC(=O)[C@H](Cc2ccccc2)N(Cc2ccc(F)cc2)C(=O)C(C)C)cc1. The van der Waals surface area contributed by atoms with Gasteiger partial charge in [-0.05, 0) is 35.7 Å². The molecular weight excluding hydrogens is 415 g/mol. The zero-order chi connectivity index (χ0) is 23.8. The summed E-state index contributed by atoms with van der Waals surface area (Å²) in [7, 11) is 0. The molecular formula is C28H31FN2O2. The number of carbonyl (C=O) groups is 2. The second-order valence-electron chi connectivity index (χ2n) is 8.66. The number of hydrogen-bond donors (Lipinski definition) is 1. The number of amides is 2. The van der Waals surface area contributed by atoms with Crippen LogP contribution < -0.4 is 5.32 Å². The molecule has 0 heterocycles. The van der Waals surface area contributed by atoms with E-state index < -0.39 is 6.04 Å². The third-order valence-electron chi connectivity index (χ3n) is 5.58. The quantitative estimate of drug-likeness (QED) is 0.500. The van der Waals surface area contributed by atoms with Crippen LogP contribution in [0.5, 0.6) is 0 Å². The minimum atomic E-state index is -0.696. The van der Waals surface area contributed by atoms with E-state index >= 15 is 0 Å². The molecule has 0 aliphatic heterocycles. The van der Waals surface area contributed by atoms with Crippen molar-refractivity contribution in [2.45, 2.75) is 46.3 Å².